The number of carbonyl (C=O) groups is 1. The van der Waals surface area contributed by atoms with Crippen LogP contribution >= 0.6 is 0 Å². The molecule has 0 spiro atoms. The molecule has 27 heavy (non-hydrogen) atoms. The van der Waals surface area contributed by atoms with Crippen molar-refractivity contribution in [2.24, 2.45) is 5.92 Å². The van der Waals surface area contributed by atoms with Gasteiger partial charge in [0.1, 0.15) is 5.75 Å². The Morgan fingerprint density at radius 1 is 1.11 bits per heavy atom. The Balaban J connectivity index is 1.45. The summed E-state index contributed by atoms with van der Waals surface area (Å²) in [4.78, 5) is 14.6. The standard InChI is InChI=1S/C22H29N3O2/c1-17-12-15-25(16-13-17)19-9-7-18(8-10-19)24-22(26)11-14-23-20-5-3-4-6-21(20)27-2/h3-10,17,23H,11-16H2,1-2H3,(H,24,26). The number of hydrogen-bond donors (Lipinski definition) is 2. The molecule has 0 aliphatic carbocycles. The minimum Gasteiger partial charge on any atom is -0.495 e. The van der Waals surface area contributed by atoms with Crippen LogP contribution < -0.4 is 20.3 Å². The van der Waals surface area contributed by atoms with Crippen LogP contribution in [0.5, 0.6) is 5.75 Å². The first kappa shape index (κ1) is 19.1. The average molecular weight is 367 g/mol. The van der Waals surface area contributed by atoms with Gasteiger partial charge in [-0.2, -0.15) is 0 Å². The zero-order valence-corrected chi connectivity index (χ0v) is 16.2. The van der Waals surface area contributed by atoms with E-state index >= 15 is 0 Å². The van der Waals surface area contributed by atoms with Crippen LogP contribution in [-0.4, -0.2) is 32.7 Å². The zero-order chi connectivity index (χ0) is 19.1. The van der Waals surface area contributed by atoms with Crippen molar-refractivity contribution in [1.82, 2.24) is 0 Å². The van der Waals surface area contributed by atoms with E-state index in [0.717, 1.165) is 36.1 Å². The second kappa shape index (κ2) is 9.31. The molecule has 0 bridgehead atoms. The molecule has 2 aromatic carbocycles. The summed E-state index contributed by atoms with van der Waals surface area (Å²) in [7, 11) is 1.64. The zero-order valence-electron chi connectivity index (χ0n) is 16.2. The van der Waals surface area contributed by atoms with Crippen LogP contribution in [0.15, 0.2) is 48.5 Å². The number of hydrogen-bond acceptors (Lipinski definition) is 4. The van der Waals surface area contributed by atoms with Gasteiger partial charge in [0.25, 0.3) is 0 Å². The lowest BCUT2D eigenvalue weighted by Gasteiger charge is -2.32. The van der Waals surface area contributed by atoms with E-state index in [4.69, 9.17) is 4.74 Å². The van der Waals surface area contributed by atoms with Crippen LogP contribution in [0.1, 0.15) is 26.2 Å². The van der Waals surface area contributed by atoms with Gasteiger partial charge in [-0.15, -0.1) is 0 Å². The van der Waals surface area contributed by atoms with Gasteiger partial charge in [0, 0.05) is 37.4 Å². The highest BCUT2D eigenvalue weighted by Gasteiger charge is 2.15. The van der Waals surface area contributed by atoms with Gasteiger partial charge in [-0.05, 0) is 55.2 Å². The molecule has 1 aliphatic heterocycles. The van der Waals surface area contributed by atoms with E-state index in [-0.39, 0.29) is 5.91 Å². The molecule has 0 saturated carbocycles. The lowest BCUT2D eigenvalue weighted by Crippen LogP contribution is -2.32. The van der Waals surface area contributed by atoms with E-state index in [1.54, 1.807) is 7.11 Å². The summed E-state index contributed by atoms with van der Waals surface area (Å²) in [6, 6.07) is 15.9. The van der Waals surface area contributed by atoms with Crippen molar-refractivity contribution in [3.63, 3.8) is 0 Å². The van der Waals surface area contributed by atoms with Gasteiger partial charge >= 0.3 is 0 Å². The highest BCUT2D eigenvalue weighted by molar-refractivity contribution is 5.91. The maximum absolute atomic E-state index is 12.2. The molecule has 0 radical (unpaired) electrons. The summed E-state index contributed by atoms with van der Waals surface area (Å²) in [6.07, 6.45) is 2.89. The Kier molecular flexibility index (Phi) is 6.58. The van der Waals surface area contributed by atoms with Gasteiger partial charge in [-0.25, -0.2) is 0 Å². The molecule has 1 amide bonds. The number of amides is 1. The van der Waals surface area contributed by atoms with Crippen molar-refractivity contribution < 1.29 is 9.53 Å². The number of anilines is 3. The summed E-state index contributed by atoms with van der Waals surface area (Å²) in [5.74, 6) is 1.60. The lowest BCUT2D eigenvalue weighted by atomic mass is 9.99. The molecule has 5 heteroatoms. The summed E-state index contributed by atoms with van der Waals surface area (Å²) in [6.45, 7) is 5.10. The quantitative estimate of drug-likeness (QED) is 0.763. The topological polar surface area (TPSA) is 53.6 Å². The molecule has 1 aliphatic rings. The molecule has 0 atom stereocenters. The number of ether oxygens (including phenoxy) is 1. The van der Waals surface area contributed by atoms with Gasteiger partial charge in [0.15, 0.2) is 0 Å². The van der Waals surface area contributed by atoms with E-state index in [1.807, 2.05) is 36.4 Å². The first-order valence-corrected chi connectivity index (χ1v) is 9.67. The molecule has 144 valence electrons. The van der Waals surface area contributed by atoms with Crippen molar-refractivity contribution in [3.05, 3.63) is 48.5 Å². The molecular weight excluding hydrogens is 338 g/mol. The second-order valence-corrected chi connectivity index (χ2v) is 7.14. The van der Waals surface area contributed by atoms with Gasteiger partial charge in [-0.3, -0.25) is 4.79 Å². The fourth-order valence-corrected chi connectivity index (χ4v) is 3.35. The van der Waals surface area contributed by atoms with Crippen molar-refractivity contribution >= 4 is 23.0 Å². The maximum Gasteiger partial charge on any atom is 0.226 e. The highest BCUT2D eigenvalue weighted by atomic mass is 16.5. The summed E-state index contributed by atoms with van der Waals surface area (Å²) < 4.78 is 5.30. The minimum absolute atomic E-state index is 0.00283. The van der Waals surface area contributed by atoms with Crippen LogP contribution in [0.2, 0.25) is 0 Å². The van der Waals surface area contributed by atoms with Gasteiger partial charge < -0.3 is 20.3 Å². The van der Waals surface area contributed by atoms with E-state index in [2.05, 4.69) is 34.6 Å². The lowest BCUT2D eigenvalue weighted by molar-refractivity contribution is -0.115. The molecule has 2 aromatic rings. The van der Waals surface area contributed by atoms with Crippen LogP contribution in [0.3, 0.4) is 0 Å². The van der Waals surface area contributed by atoms with E-state index in [9.17, 15) is 4.79 Å². The van der Waals surface area contributed by atoms with E-state index in [0.29, 0.717) is 13.0 Å². The van der Waals surface area contributed by atoms with Crippen LogP contribution in [0.25, 0.3) is 0 Å². The summed E-state index contributed by atoms with van der Waals surface area (Å²) in [5, 5.41) is 6.21. The predicted octanol–water partition coefficient (Wildman–Crippen LogP) is 4.37. The Morgan fingerprint density at radius 3 is 2.52 bits per heavy atom. The van der Waals surface area contributed by atoms with E-state index < -0.39 is 0 Å². The normalized spacial score (nSPS) is 14.7. The summed E-state index contributed by atoms with van der Waals surface area (Å²) in [5.41, 5.74) is 2.97. The Morgan fingerprint density at radius 2 is 1.81 bits per heavy atom. The van der Waals surface area contributed by atoms with Crippen LogP contribution in [0, 0.1) is 5.92 Å². The van der Waals surface area contributed by atoms with Crippen LogP contribution in [0.4, 0.5) is 17.1 Å². The summed E-state index contributed by atoms with van der Waals surface area (Å²) >= 11 is 0. The molecular formula is C22H29N3O2. The Hall–Kier alpha value is -2.69. The molecule has 0 unspecified atom stereocenters. The molecule has 3 rings (SSSR count). The van der Waals surface area contributed by atoms with Gasteiger partial charge in [0.2, 0.25) is 5.91 Å². The number of benzene rings is 2. The Bertz CT molecular complexity index is 737. The number of methoxy groups -OCH3 is 1. The molecule has 2 N–H and O–H groups in total. The monoisotopic (exact) mass is 367 g/mol. The molecule has 1 fully saturated rings. The third kappa shape index (κ3) is 5.39. The maximum atomic E-state index is 12.2. The first-order valence-electron chi connectivity index (χ1n) is 9.67. The van der Waals surface area contributed by atoms with Crippen molar-refractivity contribution in [2.45, 2.75) is 26.2 Å². The number of piperidine rings is 1. The fourth-order valence-electron chi connectivity index (χ4n) is 3.35. The number of nitrogens with one attached hydrogen (secondary N) is 2. The number of carbonyl (C=O) groups excluding carboxylic acids is 1. The van der Waals surface area contributed by atoms with Crippen molar-refractivity contribution in [3.8, 4) is 5.75 Å². The van der Waals surface area contributed by atoms with Crippen LogP contribution in [-0.2, 0) is 4.79 Å². The Labute approximate surface area is 161 Å². The number of para-hydroxylation sites is 2. The molecule has 1 saturated heterocycles. The smallest absolute Gasteiger partial charge is 0.226 e. The molecule has 0 aromatic heterocycles. The third-order valence-corrected chi connectivity index (χ3v) is 5.07. The van der Waals surface area contributed by atoms with Gasteiger partial charge in [-0.1, -0.05) is 19.1 Å². The number of rotatable bonds is 7. The van der Waals surface area contributed by atoms with Crippen molar-refractivity contribution in [2.75, 3.05) is 42.3 Å². The first-order chi connectivity index (χ1) is 13.2. The largest absolute Gasteiger partial charge is 0.495 e. The SMILES string of the molecule is COc1ccccc1NCCC(=O)Nc1ccc(N2CCC(C)CC2)cc1. The molecule has 1 heterocycles. The molecule has 5 nitrogen and oxygen atoms in total. The van der Waals surface area contributed by atoms with Gasteiger partial charge in [0.05, 0.1) is 12.8 Å². The third-order valence-electron chi connectivity index (χ3n) is 5.07. The number of nitrogens with zero attached hydrogens (tertiary/aromatic N) is 1. The average Bonchev–Trinajstić information content (AvgIpc) is 2.69. The fraction of sp³-hybridized carbons (Fsp3) is 0.409. The predicted molar refractivity (Wildman–Crippen MR) is 112 cm³/mol. The van der Waals surface area contributed by atoms with E-state index in [1.165, 1.54) is 18.5 Å². The minimum atomic E-state index is -0.00283. The second-order valence-electron chi connectivity index (χ2n) is 7.14. The van der Waals surface area contributed by atoms with Crippen molar-refractivity contribution in [1.29, 1.82) is 0 Å². The highest BCUT2D eigenvalue weighted by Crippen LogP contribution is 2.25.